The summed E-state index contributed by atoms with van der Waals surface area (Å²) in [5, 5.41) is 115. The highest BCUT2D eigenvalue weighted by Gasteiger charge is 2.68. The molecule has 0 amide bonds. The van der Waals surface area contributed by atoms with Crippen molar-refractivity contribution in [2.24, 2.45) is 52.3 Å². The number of aliphatic hydroxyl groups is 11. The molecule has 0 aromatic heterocycles. The third-order valence-electron chi connectivity index (χ3n) is 17.9. The fourth-order valence-corrected chi connectivity index (χ4v) is 14.1. The van der Waals surface area contributed by atoms with Gasteiger partial charge in [-0.2, -0.15) is 0 Å². The first-order valence-electron chi connectivity index (χ1n) is 23.7. The maximum absolute atomic E-state index is 12.1. The number of hydrogen-bond acceptors (Lipinski definition) is 18. The fourth-order valence-electron chi connectivity index (χ4n) is 14.1. The fraction of sp³-hybridized carbons (Fsp3) is 1.00. The smallest absolute Gasteiger partial charge is 0.187 e. The van der Waals surface area contributed by atoms with Crippen molar-refractivity contribution in [3.8, 4) is 0 Å². The Kier molecular flexibility index (Phi) is 14.4. The van der Waals surface area contributed by atoms with Gasteiger partial charge in [-0.3, -0.25) is 0 Å². The molecule has 8 aliphatic rings. The number of aliphatic hydroxyl groups excluding tert-OH is 10. The average molecular weight is 905 g/mol. The monoisotopic (exact) mass is 905 g/mol. The molecule has 63 heavy (non-hydrogen) atoms. The van der Waals surface area contributed by atoms with Crippen LogP contribution < -0.4 is 0 Å². The maximum Gasteiger partial charge on any atom is 0.187 e. The Labute approximate surface area is 369 Å². The Hall–Kier alpha value is -0.720. The highest BCUT2D eigenvalue weighted by atomic mass is 16.8. The lowest BCUT2D eigenvalue weighted by atomic mass is 9.44. The van der Waals surface area contributed by atoms with Gasteiger partial charge in [0.2, 0.25) is 0 Å². The largest absolute Gasteiger partial charge is 0.394 e. The third-order valence-corrected chi connectivity index (χ3v) is 17.9. The molecule has 8 fully saturated rings. The highest BCUT2D eigenvalue weighted by Crippen LogP contribution is 2.71. The zero-order valence-corrected chi connectivity index (χ0v) is 37.3. The summed E-state index contributed by atoms with van der Waals surface area (Å²) < 4.78 is 42.2. The van der Waals surface area contributed by atoms with Gasteiger partial charge in [-0.25, -0.2) is 0 Å². The van der Waals surface area contributed by atoms with Crippen LogP contribution in [-0.2, 0) is 33.2 Å². The molecule has 4 heterocycles. The van der Waals surface area contributed by atoms with Crippen molar-refractivity contribution in [3.05, 3.63) is 0 Å². The normalized spacial score (nSPS) is 56.3. The first-order chi connectivity index (χ1) is 29.8. The molecule has 0 aromatic rings. The van der Waals surface area contributed by atoms with Crippen LogP contribution in [0.1, 0.15) is 98.8 Å². The van der Waals surface area contributed by atoms with Gasteiger partial charge in [0.1, 0.15) is 67.1 Å². The molecule has 4 saturated heterocycles. The van der Waals surface area contributed by atoms with Crippen molar-refractivity contribution >= 4 is 0 Å². The molecule has 27 atom stereocenters. The van der Waals surface area contributed by atoms with E-state index >= 15 is 0 Å². The van der Waals surface area contributed by atoms with E-state index in [-0.39, 0.29) is 47.4 Å². The molecule has 8 rings (SSSR count). The van der Waals surface area contributed by atoms with Crippen molar-refractivity contribution in [1.82, 2.24) is 0 Å². The molecule has 364 valence electrons. The van der Waals surface area contributed by atoms with Crippen LogP contribution in [0.15, 0.2) is 0 Å². The van der Waals surface area contributed by atoms with Crippen molar-refractivity contribution in [3.63, 3.8) is 0 Å². The Morgan fingerprint density at radius 1 is 0.651 bits per heavy atom. The molecule has 18 nitrogen and oxygen atoms in total. The van der Waals surface area contributed by atoms with Crippen LogP contribution in [0.2, 0.25) is 0 Å². The maximum atomic E-state index is 12.1. The standard InChI is InChI=1S/C45H76O18/c1-19(18-57-40-37(54)35(52)32(49)28(16-46)60-40)8-13-45(56)20(2)30-27(63-45)15-26-24-7-6-22-14-23(9-11-43(22,4)25(24)10-12-44(26,30)5)59-42-39(36(53)33(50)29(17-47)61-42)62-41-38(55)34(51)31(48)21(3)58-41/h19-42,46-56H,6-18H2,1-5H3/t19-,20-,21-,22-,23-,24+,25-,26+,27-,28+,29+,30-,31-,32+,33+,34+,35-,36-,37+,38+,39+,40+,41-,42+,43-,44-,45-/m0/s1. The van der Waals surface area contributed by atoms with Crippen molar-refractivity contribution in [2.75, 3.05) is 19.8 Å². The lowest BCUT2D eigenvalue weighted by Gasteiger charge is -2.61. The molecule has 0 radical (unpaired) electrons. The summed E-state index contributed by atoms with van der Waals surface area (Å²) >= 11 is 0. The Balaban J connectivity index is 0.868. The topological polar surface area (TPSA) is 287 Å². The van der Waals surface area contributed by atoms with Crippen LogP contribution in [0.4, 0.5) is 0 Å². The van der Waals surface area contributed by atoms with E-state index in [1.807, 2.05) is 6.92 Å². The second-order valence-electron chi connectivity index (χ2n) is 21.4. The minimum Gasteiger partial charge on any atom is -0.394 e. The average Bonchev–Trinajstić information content (AvgIpc) is 3.70. The first-order valence-corrected chi connectivity index (χ1v) is 23.7. The minimum absolute atomic E-state index is 0.0145. The first kappa shape index (κ1) is 48.7. The van der Waals surface area contributed by atoms with Crippen LogP contribution in [0.25, 0.3) is 0 Å². The van der Waals surface area contributed by atoms with E-state index < -0.39 is 111 Å². The molecule has 0 aromatic carbocycles. The highest BCUT2D eigenvalue weighted by molar-refractivity contribution is 5.15. The van der Waals surface area contributed by atoms with Crippen molar-refractivity contribution in [2.45, 2.75) is 209 Å². The quantitative estimate of drug-likeness (QED) is 0.107. The van der Waals surface area contributed by atoms with Crippen LogP contribution in [-0.4, -0.2) is 186 Å². The van der Waals surface area contributed by atoms with Gasteiger partial charge >= 0.3 is 0 Å². The van der Waals surface area contributed by atoms with E-state index in [4.69, 9.17) is 33.2 Å². The summed E-state index contributed by atoms with van der Waals surface area (Å²) in [6.45, 7) is 9.57. The Morgan fingerprint density at radius 2 is 1.29 bits per heavy atom. The Bertz CT molecular complexity index is 1540. The summed E-state index contributed by atoms with van der Waals surface area (Å²) in [6.07, 6.45) is -12.1. The van der Waals surface area contributed by atoms with Crippen LogP contribution in [0, 0.1) is 52.3 Å². The van der Waals surface area contributed by atoms with Crippen molar-refractivity contribution < 1.29 is 89.3 Å². The van der Waals surface area contributed by atoms with Gasteiger partial charge in [0.15, 0.2) is 24.7 Å². The predicted molar refractivity (Wildman–Crippen MR) is 218 cm³/mol. The SMILES string of the molecule is C[C@@H](CC[C@]1(O)O[C@H]2C[C@@H]3[C@@H]4CC[C@H]5C[C@@H](O[C@@H]6O[C@H](CO)[C@@H](O)[C@H](O)[C@H]6O[C@@H]6O[C@@H](C)[C@H](O)[C@@H](O)[C@H]6O)CC[C@]5(C)[C@H]4CC[C@]3(C)[C@H]2[C@@H]1C)CO[C@@H]1O[C@H](CO)[C@@H](O)[C@H](O)[C@H]1O. The van der Waals surface area contributed by atoms with E-state index in [1.54, 1.807) is 0 Å². The molecule has 0 unspecified atom stereocenters. The van der Waals surface area contributed by atoms with Gasteiger partial charge in [-0.05, 0) is 111 Å². The minimum atomic E-state index is -1.64. The molecule has 4 saturated carbocycles. The van der Waals surface area contributed by atoms with Gasteiger partial charge in [-0.15, -0.1) is 0 Å². The molecule has 11 N–H and O–H groups in total. The predicted octanol–water partition coefficient (Wildman–Crippen LogP) is -0.752. The van der Waals surface area contributed by atoms with Crippen molar-refractivity contribution in [1.29, 1.82) is 0 Å². The van der Waals surface area contributed by atoms with Crippen LogP contribution >= 0.6 is 0 Å². The Morgan fingerprint density at radius 3 is 1.98 bits per heavy atom. The van der Waals surface area contributed by atoms with Gasteiger partial charge in [0, 0.05) is 12.3 Å². The molecule has 4 aliphatic carbocycles. The van der Waals surface area contributed by atoms with Gasteiger partial charge in [0.05, 0.1) is 38.1 Å². The summed E-state index contributed by atoms with van der Waals surface area (Å²) in [6, 6.07) is 0. The summed E-state index contributed by atoms with van der Waals surface area (Å²) in [4.78, 5) is 0. The van der Waals surface area contributed by atoms with Crippen LogP contribution in [0.5, 0.6) is 0 Å². The molecular weight excluding hydrogens is 828 g/mol. The van der Waals surface area contributed by atoms with Gasteiger partial charge in [-0.1, -0.05) is 27.7 Å². The summed E-state index contributed by atoms with van der Waals surface area (Å²) in [7, 11) is 0. The summed E-state index contributed by atoms with van der Waals surface area (Å²) in [5.74, 6) is 0.658. The van der Waals surface area contributed by atoms with E-state index in [0.29, 0.717) is 36.5 Å². The molecule has 0 bridgehead atoms. The number of ether oxygens (including phenoxy) is 7. The number of fused-ring (bicyclic) bond motifs is 7. The van der Waals surface area contributed by atoms with E-state index in [9.17, 15) is 56.2 Å². The molecular formula is C45H76O18. The van der Waals surface area contributed by atoms with E-state index in [2.05, 4.69) is 20.8 Å². The molecule has 0 spiro atoms. The zero-order chi connectivity index (χ0) is 45.5. The molecule has 18 heteroatoms. The van der Waals surface area contributed by atoms with Gasteiger partial charge < -0.3 is 89.3 Å². The lowest BCUT2D eigenvalue weighted by Crippen LogP contribution is -2.64. The number of hydrogen-bond donors (Lipinski definition) is 11. The number of rotatable bonds is 12. The second kappa shape index (κ2) is 18.6. The second-order valence-corrected chi connectivity index (χ2v) is 21.4. The lowest BCUT2D eigenvalue weighted by molar-refractivity contribution is -0.371. The van der Waals surface area contributed by atoms with E-state index in [1.165, 1.54) is 6.92 Å². The summed E-state index contributed by atoms with van der Waals surface area (Å²) in [5.41, 5.74) is 0.0866. The zero-order valence-electron chi connectivity index (χ0n) is 37.3. The van der Waals surface area contributed by atoms with Crippen LogP contribution in [0.3, 0.4) is 0 Å². The van der Waals surface area contributed by atoms with Gasteiger partial charge in [0.25, 0.3) is 0 Å². The molecule has 4 aliphatic heterocycles. The third kappa shape index (κ3) is 8.60. The van der Waals surface area contributed by atoms with E-state index in [0.717, 1.165) is 51.4 Å².